The Kier molecular flexibility index (Phi) is 18.3. The molecule has 0 bridgehead atoms. The zero-order chi connectivity index (χ0) is 58.7. The molecule has 0 aliphatic carbocycles. The van der Waals surface area contributed by atoms with Crippen LogP contribution in [-0.2, 0) is 25.7 Å². The summed E-state index contributed by atoms with van der Waals surface area (Å²) in [6.07, 6.45) is 3.34. The Hall–Kier alpha value is -9.48. The van der Waals surface area contributed by atoms with Crippen LogP contribution < -0.4 is 0 Å². The van der Waals surface area contributed by atoms with Gasteiger partial charge in [0.25, 0.3) is 0 Å². The van der Waals surface area contributed by atoms with Crippen LogP contribution in [0.2, 0.25) is 0 Å². The maximum Gasteiger partial charge on any atom is 0.177 e. The summed E-state index contributed by atoms with van der Waals surface area (Å²) in [6, 6.07) is 69.5. The number of thiophene rings is 2. The van der Waals surface area contributed by atoms with Crippen molar-refractivity contribution in [1.29, 1.82) is 0 Å². The zero-order valence-electron chi connectivity index (χ0n) is 47.9. The van der Waals surface area contributed by atoms with Crippen molar-refractivity contribution in [2.45, 2.75) is 67.2 Å². The Labute approximate surface area is 497 Å². The smallest absolute Gasteiger partial charge is 0.177 e. The number of ketones is 4. The first kappa shape index (κ1) is 57.7. The van der Waals surface area contributed by atoms with Gasteiger partial charge in [-0.05, 0) is 124 Å². The van der Waals surface area contributed by atoms with Crippen molar-refractivity contribution < 1.29 is 19.2 Å². The Morgan fingerprint density at radius 1 is 0.333 bits per heavy atom. The topological polar surface area (TPSA) is 120 Å². The molecule has 0 aliphatic rings. The summed E-state index contributed by atoms with van der Waals surface area (Å²) in [4.78, 5) is 70.8. The van der Waals surface area contributed by atoms with Crippen LogP contribution in [-0.4, -0.2) is 43.1 Å². The number of aromatic nitrogens is 4. The van der Waals surface area contributed by atoms with E-state index in [1.54, 1.807) is 28.9 Å². The highest BCUT2D eigenvalue weighted by Gasteiger charge is 2.16. The molecule has 0 spiro atoms. The highest BCUT2D eigenvalue weighted by Crippen LogP contribution is 2.29. The van der Waals surface area contributed by atoms with Crippen molar-refractivity contribution >= 4 is 99.5 Å². The SMILES string of the molecule is Cc1ccc(C(=O)Cc2cccc3ccc(C)nc23)cc1.Cc1ccc2cccc(CC(=O)c3cc4ccccc4s3)c2n1.Cc1ccc2cccc(CC(=O)c3ccc(C)s3)c2n1.Cc1cccc(C(=O)Cc2cccc3cccnc23)c1. The zero-order valence-corrected chi connectivity index (χ0v) is 49.5. The lowest BCUT2D eigenvalue weighted by atomic mass is 9.99. The Bertz CT molecular complexity index is 4520. The van der Waals surface area contributed by atoms with Crippen LogP contribution in [0.5, 0.6) is 0 Å². The van der Waals surface area contributed by atoms with E-state index in [9.17, 15) is 19.2 Å². The Balaban J connectivity index is 0.000000125. The van der Waals surface area contributed by atoms with Gasteiger partial charge in [0.2, 0.25) is 0 Å². The molecule has 0 saturated carbocycles. The molecule has 0 N–H and O–H groups in total. The van der Waals surface area contributed by atoms with Crippen molar-refractivity contribution in [3.63, 3.8) is 0 Å². The summed E-state index contributed by atoms with van der Waals surface area (Å²) in [6.45, 7) is 12.0. The summed E-state index contributed by atoms with van der Waals surface area (Å²) in [7, 11) is 0. The molecule has 84 heavy (non-hydrogen) atoms. The number of benzene rings is 7. The third-order valence-electron chi connectivity index (χ3n) is 14.4. The molecule has 8 nitrogen and oxygen atoms in total. The van der Waals surface area contributed by atoms with Crippen LogP contribution in [0.4, 0.5) is 0 Å². The number of para-hydroxylation sites is 4. The Morgan fingerprint density at radius 2 is 0.786 bits per heavy atom. The molecule has 6 aromatic heterocycles. The molecule has 7 aromatic carbocycles. The molecule has 0 radical (unpaired) electrons. The molecule has 414 valence electrons. The standard InChI is InChI=1S/C20H15NOS.C19H17NO.C18H15NO.C17H15NOS/c1-13-9-10-14-6-4-7-16(20(14)21-13)11-17(22)19-12-15-5-2-3-8-18(15)23-19;1-13-6-9-15(10-7-13)18(21)12-17-5-3-4-16-11-8-14(2)20-19(16)17;1-13-5-2-7-15(11-13)17(20)12-16-8-3-6-14-9-4-10-19-18(14)16;1-11-6-8-13-4-3-5-14(17(13)18-11)10-15(19)16-9-7-12(2)20-16/h2-10,12H,11H2,1H3;3-11H,12H2,1-2H3;2-11H,12H2,1H3;3-9H,10H2,1-2H3. The van der Waals surface area contributed by atoms with Crippen molar-refractivity contribution in [2.24, 2.45) is 0 Å². The third-order valence-corrected chi connectivity index (χ3v) is 16.6. The van der Waals surface area contributed by atoms with Gasteiger partial charge in [-0.15, -0.1) is 22.7 Å². The molecule has 0 fully saturated rings. The van der Waals surface area contributed by atoms with Crippen molar-refractivity contribution in [1.82, 2.24) is 19.9 Å². The number of aryl methyl sites for hydroxylation is 6. The van der Waals surface area contributed by atoms with E-state index in [1.807, 2.05) is 230 Å². The number of pyridine rings is 4. The van der Waals surface area contributed by atoms with Gasteiger partial charge in [0.05, 0.1) is 31.8 Å². The van der Waals surface area contributed by atoms with E-state index in [2.05, 4.69) is 44.2 Å². The number of carbonyl (C=O) groups is 4. The fraction of sp³-hybridized carbons (Fsp3) is 0.135. The van der Waals surface area contributed by atoms with Crippen LogP contribution in [0.1, 0.15) is 95.4 Å². The van der Waals surface area contributed by atoms with Gasteiger partial charge in [-0.3, -0.25) is 39.1 Å². The average Bonchev–Trinajstić information content (AvgIpc) is 3.88. The minimum Gasteiger partial charge on any atom is -0.294 e. The summed E-state index contributed by atoms with van der Waals surface area (Å²) < 4.78 is 1.16. The third kappa shape index (κ3) is 14.4. The minimum absolute atomic E-state index is 0.130. The molecule has 0 unspecified atom stereocenters. The van der Waals surface area contributed by atoms with Crippen LogP contribution in [0.25, 0.3) is 53.7 Å². The molecule has 0 saturated heterocycles. The second-order valence-corrected chi connectivity index (χ2v) is 23.4. The fourth-order valence-electron chi connectivity index (χ4n) is 9.99. The quantitative estimate of drug-likeness (QED) is 0.111. The fourth-order valence-corrected chi connectivity index (χ4v) is 11.8. The first-order chi connectivity index (χ1) is 40.7. The lowest BCUT2D eigenvalue weighted by molar-refractivity contribution is 0.0985. The normalized spacial score (nSPS) is 10.9. The molecular formula is C74H62N4O4S2. The van der Waals surface area contributed by atoms with Crippen LogP contribution in [0.3, 0.4) is 0 Å². The summed E-state index contributed by atoms with van der Waals surface area (Å²) in [5, 5.41) is 5.45. The molecule has 13 aromatic rings. The summed E-state index contributed by atoms with van der Waals surface area (Å²) >= 11 is 3.12. The highest BCUT2D eigenvalue weighted by molar-refractivity contribution is 7.20. The van der Waals surface area contributed by atoms with Crippen molar-refractivity contribution in [3.05, 3.63) is 295 Å². The largest absolute Gasteiger partial charge is 0.294 e. The first-order valence-electron chi connectivity index (χ1n) is 27.9. The summed E-state index contributed by atoms with van der Waals surface area (Å²) in [5.41, 5.74) is 14.4. The number of Topliss-reactive ketones (excluding diaryl/α,β-unsaturated/α-hetero) is 4. The van der Waals surface area contributed by atoms with E-state index in [4.69, 9.17) is 0 Å². The predicted octanol–water partition coefficient (Wildman–Crippen LogP) is 17.8. The van der Waals surface area contributed by atoms with Gasteiger partial charge in [-0.2, -0.15) is 0 Å². The minimum atomic E-state index is 0.130. The van der Waals surface area contributed by atoms with Gasteiger partial charge in [0, 0.05) is 91.2 Å². The predicted molar refractivity (Wildman–Crippen MR) is 347 cm³/mol. The monoisotopic (exact) mass is 1130 g/mol. The van der Waals surface area contributed by atoms with Gasteiger partial charge >= 0.3 is 0 Å². The van der Waals surface area contributed by atoms with Gasteiger partial charge < -0.3 is 0 Å². The van der Waals surface area contributed by atoms with Crippen molar-refractivity contribution in [2.75, 3.05) is 0 Å². The number of hydrogen-bond donors (Lipinski definition) is 0. The van der Waals surface area contributed by atoms with Gasteiger partial charge in [0.1, 0.15) is 0 Å². The number of fused-ring (bicyclic) bond motifs is 5. The van der Waals surface area contributed by atoms with E-state index in [-0.39, 0.29) is 23.1 Å². The van der Waals surface area contributed by atoms with Gasteiger partial charge in [-0.25, -0.2) is 0 Å². The van der Waals surface area contributed by atoms with E-state index >= 15 is 0 Å². The average molecular weight is 1140 g/mol. The van der Waals surface area contributed by atoms with Crippen LogP contribution in [0.15, 0.2) is 219 Å². The lowest BCUT2D eigenvalue weighted by Crippen LogP contribution is -2.04. The number of nitrogens with zero attached hydrogens (tertiary/aromatic N) is 4. The molecule has 0 atom stereocenters. The second-order valence-electron chi connectivity index (χ2n) is 21.0. The van der Waals surface area contributed by atoms with Crippen LogP contribution in [0, 0.1) is 41.5 Å². The van der Waals surface area contributed by atoms with Crippen molar-refractivity contribution in [3.8, 4) is 0 Å². The number of carbonyl (C=O) groups excluding carboxylic acids is 4. The van der Waals surface area contributed by atoms with E-state index in [0.717, 1.165) is 125 Å². The molecule has 0 aliphatic heterocycles. The molecule has 6 heterocycles. The molecule has 13 rings (SSSR count). The van der Waals surface area contributed by atoms with Gasteiger partial charge in [0.15, 0.2) is 23.1 Å². The van der Waals surface area contributed by atoms with Crippen LogP contribution >= 0.6 is 22.7 Å². The molecular weight excluding hydrogens is 1070 g/mol. The van der Waals surface area contributed by atoms with E-state index in [1.165, 1.54) is 4.88 Å². The molecule has 10 heteroatoms. The molecule has 0 amide bonds. The number of rotatable bonds is 12. The van der Waals surface area contributed by atoms with Gasteiger partial charge in [-0.1, -0.05) is 169 Å². The van der Waals surface area contributed by atoms with E-state index < -0.39 is 0 Å². The highest BCUT2D eigenvalue weighted by atomic mass is 32.1. The maximum absolute atomic E-state index is 12.7. The Morgan fingerprint density at radius 3 is 1.30 bits per heavy atom. The first-order valence-corrected chi connectivity index (χ1v) is 29.5. The number of hydrogen-bond acceptors (Lipinski definition) is 10. The summed E-state index contributed by atoms with van der Waals surface area (Å²) in [5.74, 6) is 0.582. The van der Waals surface area contributed by atoms with E-state index in [0.29, 0.717) is 25.7 Å². The maximum atomic E-state index is 12.7. The lowest BCUT2D eigenvalue weighted by Gasteiger charge is -2.06. The second kappa shape index (κ2) is 26.6.